The molecule has 0 spiro atoms. The summed E-state index contributed by atoms with van der Waals surface area (Å²) in [6.45, 7) is 1.53. The van der Waals surface area contributed by atoms with Crippen LogP contribution in [-0.4, -0.2) is 48.6 Å². The molecule has 1 fully saturated rings. The third-order valence-corrected chi connectivity index (χ3v) is 5.75. The lowest BCUT2D eigenvalue weighted by Gasteiger charge is -2.31. The maximum Gasteiger partial charge on any atom is 0.222 e. The average Bonchev–Trinajstić information content (AvgIpc) is 2.96. The Hall–Kier alpha value is -1.86. The zero-order valence-electron chi connectivity index (χ0n) is 13.8. The van der Waals surface area contributed by atoms with Crippen molar-refractivity contribution in [2.45, 2.75) is 31.8 Å². The van der Waals surface area contributed by atoms with Gasteiger partial charge in [-0.3, -0.25) is 4.79 Å². The number of amides is 1. The van der Waals surface area contributed by atoms with Crippen LogP contribution in [-0.2, 0) is 21.4 Å². The van der Waals surface area contributed by atoms with Crippen molar-refractivity contribution in [1.29, 1.82) is 0 Å². The molecule has 1 saturated heterocycles. The molecule has 0 bridgehead atoms. The standard InChI is InChI=1S/C17H23N3O3S/c1-24(22,23)20-10-4-6-15(13-20)18-17(21)9-12-19-11-8-14-5-2-3-7-16(14)19/h2-3,5,7-8,11,15H,4,6,9-10,12-13H2,1H3,(H,18,21). The number of benzene rings is 1. The number of carbonyl (C=O) groups excluding carboxylic acids is 1. The molecule has 3 rings (SSSR count). The van der Waals surface area contributed by atoms with Gasteiger partial charge in [-0.1, -0.05) is 18.2 Å². The Morgan fingerprint density at radius 3 is 2.88 bits per heavy atom. The molecule has 1 N–H and O–H groups in total. The maximum atomic E-state index is 12.2. The molecule has 2 heterocycles. The molecule has 2 aromatic rings. The van der Waals surface area contributed by atoms with E-state index in [1.165, 1.54) is 10.6 Å². The van der Waals surface area contributed by atoms with Gasteiger partial charge in [0, 0.05) is 43.8 Å². The molecule has 1 amide bonds. The lowest BCUT2D eigenvalue weighted by molar-refractivity contribution is -0.122. The first-order valence-corrected chi connectivity index (χ1v) is 10.1. The van der Waals surface area contributed by atoms with Crippen molar-refractivity contribution in [2.75, 3.05) is 19.3 Å². The minimum absolute atomic E-state index is 0.0341. The molecule has 6 nitrogen and oxygen atoms in total. The highest BCUT2D eigenvalue weighted by molar-refractivity contribution is 7.88. The molecular formula is C17H23N3O3S. The summed E-state index contributed by atoms with van der Waals surface area (Å²) < 4.78 is 26.8. The van der Waals surface area contributed by atoms with Gasteiger partial charge in [-0.05, 0) is 30.4 Å². The number of para-hydroxylation sites is 1. The van der Waals surface area contributed by atoms with Crippen LogP contribution in [0, 0.1) is 0 Å². The SMILES string of the molecule is CS(=O)(=O)N1CCCC(NC(=O)CCn2ccc3ccccc32)C1. The lowest BCUT2D eigenvalue weighted by atomic mass is 10.1. The van der Waals surface area contributed by atoms with Crippen LogP contribution < -0.4 is 5.32 Å². The van der Waals surface area contributed by atoms with Crippen molar-refractivity contribution in [3.05, 3.63) is 36.5 Å². The second-order valence-electron chi connectivity index (χ2n) is 6.35. The van der Waals surface area contributed by atoms with Crippen molar-refractivity contribution >= 4 is 26.8 Å². The summed E-state index contributed by atoms with van der Waals surface area (Å²) in [4.78, 5) is 12.2. The predicted molar refractivity (Wildman–Crippen MR) is 94.1 cm³/mol. The quantitative estimate of drug-likeness (QED) is 0.891. The van der Waals surface area contributed by atoms with E-state index in [2.05, 4.69) is 9.88 Å². The fourth-order valence-corrected chi connectivity index (χ4v) is 4.13. The lowest BCUT2D eigenvalue weighted by Crippen LogP contribution is -2.49. The largest absolute Gasteiger partial charge is 0.352 e. The number of fused-ring (bicyclic) bond motifs is 1. The number of sulfonamides is 1. The van der Waals surface area contributed by atoms with Crippen LogP contribution in [0.2, 0.25) is 0 Å². The summed E-state index contributed by atoms with van der Waals surface area (Å²) in [6, 6.07) is 10.0. The number of hydrogen-bond acceptors (Lipinski definition) is 3. The van der Waals surface area contributed by atoms with Crippen LogP contribution >= 0.6 is 0 Å². The normalized spacial score (nSPS) is 19.5. The molecule has 130 valence electrons. The van der Waals surface area contributed by atoms with Crippen LogP contribution in [0.25, 0.3) is 10.9 Å². The molecule has 0 aliphatic carbocycles. The summed E-state index contributed by atoms with van der Waals surface area (Å²) in [7, 11) is -3.19. The Bertz CT molecular complexity index is 828. The Balaban J connectivity index is 1.54. The summed E-state index contributed by atoms with van der Waals surface area (Å²) >= 11 is 0. The predicted octanol–water partition coefficient (Wildman–Crippen LogP) is 1.57. The number of nitrogens with one attached hydrogen (secondary N) is 1. The van der Waals surface area contributed by atoms with Gasteiger partial charge >= 0.3 is 0 Å². The number of nitrogens with zero attached hydrogens (tertiary/aromatic N) is 2. The zero-order valence-corrected chi connectivity index (χ0v) is 14.6. The van der Waals surface area contributed by atoms with Crippen LogP contribution in [0.5, 0.6) is 0 Å². The van der Waals surface area contributed by atoms with E-state index in [4.69, 9.17) is 0 Å². The highest BCUT2D eigenvalue weighted by atomic mass is 32.2. The highest BCUT2D eigenvalue weighted by Crippen LogP contribution is 2.16. The molecular weight excluding hydrogens is 326 g/mol. The third-order valence-electron chi connectivity index (χ3n) is 4.48. The Morgan fingerprint density at radius 1 is 1.29 bits per heavy atom. The number of rotatable bonds is 5. The molecule has 1 aliphatic heterocycles. The van der Waals surface area contributed by atoms with Crippen LogP contribution in [0.3, 0.4) is 0 Å². The molecule has 1 atom stereocenters. The molecule has 1 aromatic carbocycles. The number of carbonyl (C=O) groups is 1. The number of piperidine rings is 1. The van der Waals surface area contributed by atoms with Gasteiger partial charge in [0.2, 0.25) is 15.9 Å². The first kappa shape index (κ1) is 17.0. The number of aromatic nitrogens is 1. The van der Waals surface area contributed by atoms with E-state index >= 15 is 0 Å². The van der Waals surface area contributed by atoms with Crippen LogP contribution in [0.1, 0.15) is 19.3 Å². The second kappa shape index (κ2) is 6.94. The average molecular weight is 349 g/mol. The van der Waals surface area contributed by atoms with Gasteiger partial charge in [0.1, 0.15) is 0 Å². The smallest absolute Gasteiger partial charge is 0.222 e. The van der Waals surface area contributed by atoms with Gasteiger partial charge in [0.05, 0.1) is 6.26 Å². The van der Waals surface area contributed by atoms with Crippen molar-refractivity contribution in [1.82, 2.24) is 14.2 Å². The molecule has 0 saturated carbocycles. The Kier molecular flexibility index (Phi) is 4.91. The van der Waals surface area contributed by atoms with Gasteiger partial charge in [-0.25, -0.2) is 12.7 Å². The van der Waals surface area contributed by atoms with E-state index in [0.29, 0.717) is 26.1 Å². The molecule has 1 unspecified atom stereocenters. The molecule has 7 heteroatoms. The third kappa shape index (κ3) is 3.96. The Morgan fingerprint density at radius 2 is 2.08 bits per heavy atom. The zero-order chi connectivity index (χ0) is 17.2. The fourth-order valence-electron chi connectivity index (χ4n) is 3.22. The molecule has 1 aromatic heterocycles. The molecule has 1 aliphatic rings. The molecule has 24 heavy (non-hydrogen) atoms. The van der Waals surface area contributed by atoms with Crippen molar-refractivity contribution in [3.63, 3.8) is 0 Å². The van der Waals surface area contributed by atoms with Crippen molar-refractivity contribution in [3.8, 4) is 0 Å². The van der Waals surface area contributed by atoms with Gasteiger partial charge in [-0.15, -0.1) is 0 Å². The van der Waals surface area contributed by atoms with Gasteiger partial charge < -0.3 is 9.88 Å². The Labute approximate surface area is 142 Å². The van der Waals surface area contributed by atoms with Crippen LogP contribution in [0.4, 0.5) is 0 Å². The van der Waals surface area contributed by atoms with E-state index in [0.717, 1.165) is 23.7 Å². The van der Waals surface area contributed by atoms with Gasteiger partial charge in [0.25, 0.3) is 0 Å². The first-order valence-electron chi connectivity index (χ1n) is 8.22. The fraction of sp³-hybridized carbons (Fsp3) is 0.471. The minimum Gasteiger partial charge on any atom is -0.352 e. The van der Waals surface area contributed by atoms with E-state index < -0.39 is 10.0 Å². The summed E-state index contributed by atoms with van der Waals surface area (Å²) in [6.07, 6.45) is 5.19. The van der Waals surface area contributed by atoms with E-state index in [9.17, 15) is 13.2 Å². The van der Waals surface area contributed by atoms with E-state index in [-0.39, 0.29) is 11.9 Å². The van der Waals surface area contributed by atoms with Crippen molar-refractivity contribution in [2.24, 2.45) is 0 Å². The number of aryl methyl sites for hydroxylation is 1. The highest BCUT2D eigenvalue weighted by Gasteiger charge is 2.26. The minimum atomic E-state index is -3.19. The van der Waals surface area contributed by atoms with E-state index in [1.54, 1.807) is 0 Å². The second-order valence-corrected chi connectivity index (χ2v) is 8.33. The van der Waals surface area contributed by atoms with Crippen LogP contribution in [0.15, 0.2) is 36.5 Å². The molecule has 0 radical (unpaired) electrons. The monoisotopic (exact) mass is 349 g/mol. The van der Waals surface area contributed by atoms with Gasteiger partial charge in [-0.2, -0.15) is 0 Å². The maximum absolute atomic E-state index is 12.2. The summed E-state index contributed by atoms with van der Waals surface area (Å²) in [5.74, 6) is -0.0341. The van der Waals surface area contributed by atoms with Crippen molar-refractivity contribution < 1.29 is 13.2 Å². The number of hydrogen-bond donors (Lipinski definition) is 1. The summed E-state index contributed by atoms with van der Waals surface area (Å²) in [5.41, 5.74) is 1.12. The van der Waals surface area contributed by atoms with E-state index in [1.807, 2.05) is 36.5 Å². The van der Waals surface area contributed by atoms with Gasteiger partial charge in [0.15, 0.2) is 0 Å². The summed E-state index contributed by atoms with van der Waals surface area (Å²) in [5, 5.41) is 4.13. The topological polar surface area (TPSA) is 71.4 Å². The first-order chi connectivity index (χ1) is 11.4.